The van der Waals surface area contributed by atoms with E-state index in [1.165, 1.54) is 17.3 Å². The maximum atomic E-state index is 14.6. The van der Waals surface area contributed by atoms with E-state index in [4.69, 9.17) is 16.6 Å². The third kappa shape index (κ3) is 6.78. The summed E-state index contributed by atoms with van der Waals surface area (Å²) in [6, 6.07) is 11.4. The number of fused-ring (bicyclic) bond motifs is 1. The molecule has 2 aromatic carbocycles. The van der Waals surface area contributed by atoms with E-state index in [0.29, 0.717) is 59.0 Å². The molecule has 48 heavy (non-hydrogen) atoms. The van der Waals surface area contributed by atoms with Crippen LogP contribution in [0.4, 0.5) is 21.7 Å². The Morgan fingerprint density at radius 1 is 1.06 bits per heavy atom. The van der Waals surface area contributed by atoms with Crippen LogP contribution in [0.2, 0.25) is 5.02 Å². The average Bonchev–Trinajstić information content (AvgIpc) is 3.07. The molecule has 0 radical (unpaired) electrons. The number of aromatic nitrogens is 3. The summed E-state index contributed by atoms with van der Waals surface area (Å²) in [5.74, 6) is -0.170. The normalized spacial score (nSPS) is 18.8. The van der Waals surface area contributed by atoms with E-state index in [2.05, 4.69) is 58.6 Å². The first-order chi connectivity index (χ1) is 23.0. The second-order valence-corrected chi connectivity index (χ2v) is 13.8. The number of anilines is 3. The molecule has 0 atom stereocenters. The number of nitrogens with one attached hydrogen (secondary N) is 2. The topological polar surface area (TPSA) is 95.4 Å². The Bertz CT molecular complexity index is 1880. The van der Waals surface area contributed by atoms with Gasteiger partial charge in [0.25, 0.3) is 5.56 Å². The predicted octanol–water partition coefficient (Wildman–Crippen LogP) is 7.15. The van der Waals surface area contributed by atoms with Gasteiger partial charge in [0, 0.05) is 66.2 Å². The third-order valence-electron chi connectivity index (χ3n) is 10.2. The molecule has 11 heteroatoms. The average molecular weight is 674 g/mol. The van der Waals surface area contributed by atoms with Gasteiger partial charge in [0.15, 0.2) is 0 Å². The summed E-state index contributed by atoms with van der Waals surface area (Å²) in [4.78, 5) is 40.9. The Balaban J connectivity index is 1.35. The second-order valence-electron chi connectivity index (χ2n) is 13.4. The minimum atomic E-state index is -0.582. The maximum absolute atomic E-state index is 14.6. The van der Waals surface area contributed by atoms with Crippen LogP contribution in [0.5, 0.6) is 0 Å². The monoisotopic (exact) mass is 673 g/mol. The number of carbonyl (C=O) groups excluding carboxylic acids is 1. The first-order valence-corrected chi connectivity index (χ1v) is 17.4. The molecule has 2 aliphatic rings. The van der Waals surface area contributed by atoms with Crippen LogP contribution in [0.1, 0.15) is 69.0 Å². The molecule has 4 aromatic rings. The zero-order valence-electron chi connectivity index (χ0n) is 28.4. The number of amides is 1. The lowest BCUT2D eigenvalue weighted by molar-refractivity contribution is -0.121. The van der Waals surface area contributed by atoms with Gasteiger partial charge in [-0.3, -0.25) is 14.2 Å². The van der Waals surface area contributed by atoms with Crippen molar-refractivity contribution in [2.75, 3.05) is 37.4 Å². The minimum Gasteiger partial charge on any atom is -0.371 e. The number of hydrogen-bond acceptors (Lipinski definition) is 7. The zero-order valence-corrected chi connectivity index (χ0v) is 29.2. The van der Waals surface area contributed by atoms with E-state index in [0.717, 1.165) is 44.5 Å². The molecule has 1 saturated carbocycles. The standard InChI is InChI=1S/C37H45ClFN7O2/c1-6-32(47)41-24-10-13-27(14-11-24)46-35-29(23(3)33(36(46)48)28-8-7-9-30(39)34(28)38)21-40-37(43-35)42-25-12-15-31(22(2)20-25)45-18-16-26(17-19-45)44(4)5/h7-9,12,15,20-21,24,26-27H,6,10-11,13-14,16-19H2,1-5H3,(H,41,47)(H,40,42,43)/t24-,27+. The summed E-state index contributed by atoms with van der Waals surface area (Å²) in [7, 11) is 4.31. The van der Waals surface area contributed by atoms with Gasteiger partial charge >= 0.3 is 0 Å². The molecule has 1 aliphatic heterocycles. The van der Waals surface area contributed by atoms with Gasteiger partial charge in [-0.1, -0.05) is 30.7 Å². The van der Waals surface area contributed by atoms with Crippen molar-refractivity contribution in [3.8, 4) is 11.1 Å². The molecular formula is C37H45ClFN7O2. The number of rotatable bonds is 8. The van der Waals surface area contributed by atoms with Gasteiger partial charge < -0.3 is 20.4 Å². The van der Waals surface area contributed by atoms with Crippen LogP contribution in [-0.2, 0) is 4.79 Å². The van der Waals surface area contributed by atoms with E-state index in [1.807, 2.05) is 19.9 Å². The van der Waals surface area contributed by atoms with Crippen LogP contribution in [0.25, 0.3) is 22.2 Å². The second kappa shape index (κ2) is 14.2. The van der Waals surface area contributed by atoms with Gasteiger partial charge in [-0.05, 0) is 102 Å². The Labute approximate surface area is 286 Å². The van der Waals surface area contributed by atoms with Crippen molar-refractivity contribution < 1.29 is 9.18 Å². The molecule has 3 heterocycles. The van der Waals surface area contributed by atoms with E-state index < -0.39 is 5.82 Å². The quantitative estimate of drug-likeness (QED) is 0.205. The molecule has 1 saturated heterocycles. The van der Waals surface area contributed by atoms with E-state index in [1.54, 1.807) is 22.9 Å². The Morgan fingerprint density at radius 2 is 1.79 bits per heavy atom. The number of halogens is 2. The summed E-state index contributed by atoms with van der Waals surface area (Å²) >= 11 is 6.44. The van der Waals surface area contributed by atoms with Gasteiger partial charge in [-0.25, -0.2) is 9.37 Å². The van der Waals surface area contributed by atoms with E-state index >= 15 is 0 Å². The fraction of sp³-hybridized carbons (Fsp3) is 0.459. The predicted molar refractivity (Wildman–Crippen MR) is 192 cm³/mol. The molecule has 254 valence electrons. The summed E-state index contributed by atoms with van der Waals surface area (Å²) < 4.78 is 16.4. The Hall–Kier alpha value is -4.02. The van der Waals surface area contributed by atoms with E-state index in [9.17, 15) is 14.0 Å². The minimum absolute atomic E-state index is 0.0278. The SMILES string of the molecule is CCC(=O)N[C@H]1CC[C@@H](n2c(=O)c(-c3cccc(F)c3Cl)c(C)c3cnc(Nc4ccc(N5CCC(N(C)C)CC5)c(C)c4)nc32)CC1. The van der Waals surface area contributed by atoms with Crippen molar-refractivity contribution in [1.29, 1.82) is 0 Å². The number of carbonyl (C=O) groups is 1. The van der Waals surface area contributed by atoms with Crippen molar-refractivity contribution in [2.24, 2.45) is 0 Å². The van der Waals surface area contributed by atoms with Crippen molar-refractivity contribution in [1.82, 2.24) is 24.8 Å². The van der Waals surface area contributed by atoms with Gasteiger partial charge in [0.2, 0.25) is 11.9 Å². The van der Waals surface area contributed by atoms with Crippen molar-refractivity contribution in [2.45, 2.75) is 83.8 Å². The summed E-state index contributed by atoms with van der Waals surface area (Å²) in [5, 5.41) is 7.08. The molecule has 6 rings (SSSR count). The maximum Gasteiger partial charge on any atom is 0.260 e. The molecule has 1 aliphatic carbocycles. The van der Waals surface area contributed by atoms with Gasteiger partial charge in [0.1, 0.15) is 11.5 Å². The highest BCUT2D eigenvalue weighted by Crippen LogP contribution is 2.36. The fourth-order valence-electron chi connectivity index (χ4n) is 7.39. The van der Waals surface area contributed by atoms with Crippen LogP contribution >= 0.6 is 11.6 Å². The first kappa shape index (κ1) is 33.9. The van der Waals surface area contributed by atoms with Crippen LogP contribution in [0.15, 0.2) is 47.4 Å². The lowest BCUT2D eigenvalue weighted by Crippen LogP contribution is -2.42. The lowest BCUT2D eigenvalue weighted by atomic mass is 9.90. The highest BCUT2D eigenvalue weighted by atomic mass is 35.5. The third-order valence-corrected chi connectivity index (χ3v) is 10.6. The zero-order chi connectivity index (χ0) is 34.1. The summed E-state index contributed by atoms with van der Waals surface area (Å²) in [6.07, 6.45) is 7.29. The van der Waals surface area contributed by atoms with Crippen LogP contribution in [0.3, 0.4) is 0 Å². The van der Waals surface area contributed by atoms with Gasteiger partial charge in [0.05, 0.1) is 10.6 Å². The molecule has 0 bridgehead atoms. The number of nitrogens with zero attached hydrogens (tertiary/aromatic N) is 5. The molecule has 9 nitrogen and oxygen atoms in total. The molecular weight excluding hydrogens is 629 g/mol. The fourth-order valence-corrected chi connectivity index (χ4v) is 7.61. The van der Waals surface area contributed by atoms with Crippen molar-refractivity contribution in [3.05, 3.63) is 74.9 Å². The highest BCUT2D eigenvalue weighted by molar-refractivity contribution is 6.33. The molecule has 2 aromatic heterocycles. The molecule has 2 N–H and O–H groups in total. The highest BCUT2D eigenvalue weighted by Gasteiger charge is 2.29. The number of aryl methyl sites for hydroxylation is 2. The first-order valence-electron chi connectivity index (χ1n) is 17.0. The molecule has 2 fully saturated rings. The summed E-state index contributed by atoms with van der Waals surface area (Å²) in [6.45, 7) is 7.85. The largest absolute Gasteiger partial charge is 0.371 e. The molecule has 0 spiro atoms. The lowest BCUT2D eigenvalue weighted by Gasteiger charge is -2.37. The Kier molecular flexibility index (Phi) is 10.0. The molecule has 1 amide bonds. The van der Waals surface area contributed by atoms with Gasteiger partial charge in [-0.15, -0.1) is 0 Å². The number of benzene rings is 2. The Morgan fingerprint density at radius 3 is 2.46 bits per heavy atom. The molecule has 0 unspecified atom stereocenters. The number of hydrogen-bond donors (Lipinski definition) is 2. The van der Waals surface area contributed by atoms with E-state index in [-0.39, 0.29) is 28.6 Å². The smallest absolute Gasteiger partial charge is 0.260 e. The van der Waals surface area contributed by atoms with Crippen LogP contribution in [0, 0.1) is 19.7 Å². The van der Waals surface area contributed by atoms with Crippen LogP contribution in [-0.4, -0.2) is 64.6 Å². The van der Waals surface area contributed by atoms with Gasteiger partial charge in [-0.2, -0.15) is 4.98 Å². The van der Waals surface area contributed by atoms with Crippen molar-refractivity contribution >= 4 is 45.9 Å². The van der Waals surface area contributed by atoms with Crippen molar-refractivity contribution in [3.63, 3.8) is 0 Å². The summed E-state index contributed by atoms with van der Waals surface area (Å²) in [5.41, 5.74) is 4.85. The number of pyridine rings is 1. The van der Waals surface area contributed by atoms with Crippen LogP contribution < -0.4 is 21.1 Å². The number of piperidine rings is 1.